The number of anilines is 1. The molecule has 3 N–H and O–H groups in total. The maximum atomic E-state index is 9.58. The van der Waals surface area contributed by atoms with Gasteiger partial charge in [0.25, 0.3) is 0 Å². The lowest BCUT2D eigenvalue weighted by Gasteiger charge is -2.03. The van der Waals surface area contributed by atoms with Crippen LogP contribution in [0.5, 0.6) is 5.75 Å². The quantitative estimate of drug-likeness (QED) is 0.760. The van der Waals surface area contributed by atoms with E-state index in [4.69, 9.17) is 5.73 Å². The van der Waals surface area contributed by atoms with Crippen molar-refractivity contribution in [3.05, 3.63) is 48.5 Å². The van der Waals surface area contributed by atoms with E-state index in [0.29, 0.717) is 5.75 Å². The Morgan fingerprint density at radius 1 is 0.933 bits per heavy atom. The highest BCUT2D eigenvalue weighted by atomic mass is 32.2. The fourth-order valence-electron chi connectivity index (χ4n) is 1.21. The lowest BCUT2D eigenvalue weighted by atomic mass is 10.3. The van der Waals surface area contributed by atoms with Crippen LogP contribution in [0.25, 0.3) is 0 Å². The molecule has 2 rings (SSSR count). The second-order valence-corrected chi connectivity index (χ2v) is 4.25. The number of hydrogen-bond acceptors (Lipinski definition) is 3. The van der Waals surface area contributed by atoms with Crippen LogP contribution in [-0.4, -0.2) is 5.11 Å². The summed E-state index contributed by atoms with van der Waals surface area (Å²) in [4.78, 5) is 1.91. The zero-order chi connectivity index (χ0) is 10.7. The molecule has 3 heteroatoms. The molecule has 0 spiro atoms. The zero-order valence-electron chi connectivity index (χ0n) is 8.05. The van der Waals surface area contributed by atoms with Crippen LogP contribution >= 0.6 is 11.8 Å². The molecule has 0 heterocycles. The molecule has 2 nitrogen and oxygen atoms in total. The monoisotopic (exact) mass is 217 g/mol. The smallest absolute Gasteiger partial charge is 0.129 e. The van der Waals surface area contributed by atoms with E-state index in [-0.39, 0.29) is 0 Å². The van der Waals surface area contributed by atoms with Crippen LogP contribution < -0.4 is 5.73 Å². The Hall–Kier alpha value is -1.61. The molecule has 0 bridgehead atoms. The summed E-state index contributed by atoms with van der Waals surface area (Å²) in [6.07, 6.45) is 0. The lowest BCUT2D eigenvalue weighted by Crippen LogP contribution is -1.82. The number of hydrogen-bond donors (Lipinski definition) is 2. The predicted molar refractivity (Wildman–Crippen MR) is 63.1 cm³/mol. The minimum absolute atomic E-state index is 0.305. The molecule has 2 aromatic carbocycles. The lowest BCUT2D eigenvalue weighted by molar-refractivity contribution is 0.462. The van der Waals surface area contributed by atoms with Crippen molar-refractivity contribution in [3.8, 4) is 5.75 Å². The van der Waals surface area contributed by atoms with Gasteiger partial charge in [-0.25, -0.2) is 0 Å². The van der Waals surface area contributed by atoms with Crippen molar-refractivity contribution in [2.24, 2.45) is 0 Å². The van der Waals surface area contributed by atoms with Crippen LogP contribution in [0, 0.1) is 0 Å². The molecule has 0 unspecified atom stereocenters. The molecule has 0 fully saturated rings. The van der Waals surface area contributed by atoms with Crippen molar-refractivity contribution in [2.75, 3.05) is 5.73 Å². The Morgan fingerprint density at radius 3 is 2.27 bits per heavy atom. The Labute approximate surface area is 92.7 Å². The highest BCUT2D eigenvalue weighted by molar-refractivity contribution is 7.99. The van der Waals surface area contributed by atoms with Crippen LogP contribution in [0.3, 0.4) is 0 Å². The predicted octanol–water partition coefficient (Wildman–Crippen LogP) is 3.13. The topological polar surface area (TPSA) is 46.2 Å². The summed E-state index contributed by atoms with van der Waals surface area (Å²) in [6, 6.07) is 14.8. The molecular weight excluding hydrogens is 206 g/mol. The summed E-state index contributed by atoms with van der Waals surface area (Å²) in [6.45, 7) is 0. The van der Waals surface area contributed by atoms with Gasteiger partial charge in [-0.2, -0.15) is 0 Å². The summed E-state index contributed by atoms with van der Waals surface area (Å²) in [5, 5.41) is 9.58. The van der Waals surface area contributed by atoms with E-state index in [2.05, 4.69) is 0 Å². The largest absolute Gasteiger partial charge is 0.507 e. The fourth-order valence-corrected chi connectivity index (χ4v) is 2.05. The van der Waals surface area contributed by atoms with E-state index < -0.39 is 0 Å². The summed E-state index contributed by atoms with van der Waals surface area (Å²) in [7, 11) is 0. The van der Waals surface area contributed by atoms with Crippen molar-refractivity contribution in [1.29, 1.82) is 0 Å². The molecule has 0 radical (unpaired) electrons. The summed E-state index contributed by atoms with van der Waals surface area (Å²) < 4.78 is 0. The molecule has 0 amide bonds. The number of rotatable bonds is 2. The molecule has 15 heavy (non-hydrogen) atoms. The third kappa shape index (κ3) is 2.44. The summed E-state index contributed by atoms with van der Waals surface area (Å²) in [5.41, 5.74) is 6.34. The van der Waals surface area contributed by atoms with Crippen LogP contribution in [-0.2, 0) is 0 Å². The molecule has 0 aliphatic heterocycles. The Balaban J connectivity index is 2.22. The van der Waals surface area contributed by atoms with Gasteiger partial charge in [0.1, 0.15) is 5.75 Å². The third-order valence-corrected chi connectivity index (χ3v) is 3.05. The van der Waals surface area contributed by atoms with Gasteiger partial charge < -0.3 is 10.8 Å². The maximum absolute atomic E-state index is 9.58. The molecule has 0 aliphatic rings. The van der Waals surface area contributed by atoms with E-state index in [9.17, 15) is 5.11 Å². The van der Waals surface area contributed by atoms with Gasteiger partial charge in [-0.15, -0.1) is 0 Å². The van der Waals surface area contributed by atoms with Gasteiger partial charge in [-0.05, 0) is 36.4 Å². The highest BCUT2D eigenvalue weighted by Crippen LogP contribution is 2.33. The summed E-state index contributed by atoms with van der Waals surface area (Å²) in [5.74, 6) is 0.305. The highest BCUT2D eigenvalue weighted by Gasteiger charge is 2.01. The Morgan fingerprint density at radius 2 is 1.60 bits per heavy atom. The van der Waals surface area contributed by atoms with Crippen molar-refractivity contribution < 1.29 is 5.11 Å². The number of phenolic OH excluding ortho intramolecular Hbond substituents is 1. The number of phenols is 1. The molecule has 0 aromatic heterocycles. The van der Waals surface area contributed by atoms with Gasteiger partial charge in [0, 0.05) is 10.6 Å². The van der Waals surface area contributed by atoms with Crippen molar-refractivity contribution in [2.45, 2.75) is 9.79 Å². The van der Waals surface area contributed by atoms with Crippen molar-refractivity contribution >= 4 is 17.4 Å². The van der Waals surface area contributed by atoms with Crippen LogP contribution in [0.15, 0.2) is 58.3 Å². The second kappa shape index (κ2) is 4.28. The van der Waals surface area contributed by atoms with Gasteiger partial charge in [0.2, 0.25) is 0 Å². The molecular formula is C12H11NOS. The first-order chi connectivity index (χ1) is 7.25. The van der Waals surface area contributed by atoms with Gasteiger partial charge in [-0.1, -0.05) is 23.9 Å². The van der Waals surface area contributed by atoms with Crippen molar-refractivity contribution in [3.63, 3.8) is 0 Å². The van der Waals surface area contributed by atoms with E-state index in [1.165, 1.54) is 11.8 Å². The first kappa shape index (κ1) is 9.93. The van der Waals surface area contributed by atoms with Gasteiger partial charge in [0.05, 0.1) is 4.90 Å². The maximum Gasteiger partial charge on any atom is 0.129 e. The molecule has 0 aliphatic carbocycles. The number of para-hydroxylation sites is 1. The van der Waals surface area contributed by atoms with Gasteiger partial charge in [0.15, 0.2) is 0 Å². The number of benzene rings is 2. The van der Waals surface area contributed by atoms with E-state index in [1.54, 1.807) is 6.07 Å². The van der Waals surface area contributed by atoms with Crippen LogP contribution in [0.2, 0.25) is 0 Å². The molecule has 0 saturated carbocycles. The van der Waals surface area contributed by atoms with E-state index >= 15 is 0 Å². The number of nitrogen functional groups attached to an aromatic ring is 1. The van der Waals surface area contributed by atoms with Crippen LogP contribution in [0.4, 0.5) is 5.69 Å². The number of aromatic hydroxyl groups is 1. The Kier molecular flexibility index (Phi) is 2.83. The number of nitrogens with two attached hydrogens (primary N) is 1. The minimum Gasteiger partial charge on any atom is -0.507 e. The Bertz CT molecular complexity index is 453. The third-order valence-electron chi connectivity index (χ3n) is 1.97. The molecule has 0 saturated heterocycles. The minimum atomic E-state index is 0.305. The molecule has 2 aromatic rings. The summed E-state index contributed by atoms with van der Waals surface area (Å²) >= 11 is 1.52. The van der Waals surface area contributed by atoms with Gasteiger partial charge >= 0.3 is 0 Å². The standard InChI is InChI=1S/C12H11NOS/c13-9-5-7-10(8-6-9)15-12-4-2-1-3-11(12)14/h1-8,14H,13H2. The average Bonchev–Trinajstić information content (AvgIpc) is 2.25. The SMILES string of the molecule is Nc1ccc(Sc2ccccc2O)cc1. The second-order valence-electron chi connectivity index (χ2n) is 3.14. The van der Waals surface area contributed by atoms with Gasteiger partial charge in [-0.3, -0.25) is 0 Å². The van der Waals surface area contributed by atoms with Crippen molar-refractivity contribution in [1.82, 2.24) is 0 Å². The first-order valence-corrected chi connectivity index (χ1v) is 5.39. The zero-order valence-corrected chi connectivity index (χ0v) is 8.87. The van der Waals surface area contributed by atoms with E-state index in [1.807, 2.05) is 42.5 Å². The normalized spacial score (nSPS) is 10.1. The van der Waals surface area contributed by atoms with Crippen LogP contribution in [0.1, 0.15) is 0 Å². The molecule has 76 valence electrons. The first-order valence-electron chi connectivity index (χ1n) is 4.57. The average molecular weight is 217 g/mol. The fraction of sp³-hybridized carbons (Fsp3) is 0. The molecule has 0 atom stereocenters. The van der Waals surface area contributed by atoms with E-state index in [0.717, 1.165) is 15.5 Å².